The number of alkyl halides is 3. The maximum Gasteiger partial charge on any atom is 0.418 e. The van der Waals surface area contributed by atoms with E-state index in [-0.39, 0.29) is 23.2 Å². The van der Waals surface area contributed by atoms with Crippen molar-refractivity contribution in [3.05, 3.63) is 54.1 Å². The Morgan fingerprint density at radius 3 is 2.84 bits per heavy atom. The molecule has 1 aliphatic heterocycles. The molecule has 1 aliphatic carbocycles. The number of carbonyl (C=O) groups is 1. The Kier molecular flexibility index (Phi) is 5.21. The molecule has 0 radical (unpaired) electrons. The van der Waals surface area contributed by atoms with Crippen molar-refractivity contribution in [3.8, 4) is 11.4 Å². The summed E-state index contributed by atoms with van der Waals surface area (Å²) in [5.74, 6) is 1.03. The molecule has 13 heteroatoms. The van der Waals surface area contributed by atoms with E-state index in [4.69, 9.17) is 4.42 Å². The van der Waals surface area contributed by atoms with Crippen LogP contribution in [0.4, 0.5) is 23.8 Å². The summed E-state index contributed by atoms with van der Waals surface area (Å²) in [5, 5.41) is 15.2. The summed E-state index contributed by atoms with van der Waals surface area (Å²) in [4.78, 5) is 23.1. The highest BCUT2D eigenvalue weighted by Crippen LogP contribution is 2.55. The van der Waals surface area contributed by atoms with Gasteiger partial charge >= 0.3 is 12.2 Å². The Bertz CT molecular complexity index is 1500. The summed E-state index contributed by atoms with van der Waals surface area (Å²) >= 11 is 0. The Morgan fingerprint density at radius 2 is 2.08 bits per heavy atom. The first kappa shape index (κ1) is 23.4. The second kappa shape index (κ2) is 8.25. The number of urea groups is 1. The highest BCUT2D eigenvalue weighted by atomic mass is 19.4. The number of nitrogens with zero attached hydrogens (tertiary/aromatic N) is 7. The van der Waals surface area contributed by atoms with E-state index in [1.54, 1.807) is 23.2 Å². The maximum absolute atomic E-state index is 13.8. The third-order valence-corrected chi connectivity index (χ3v) is 7.11. The lowest BCUT2D eigenvalue weighted by Gasteiger charge is -2.61. The number of fused-ring (bicyclic) bond motifs is 3. The number of aryl methyl sites for hydroxylation is 1. The second-order valence-corrected chi connectivity index (χ2v) is 9.66. The van der Waals surface area contributed by atoms with Gasteiger partial charge in [-0.1, -0.05) is 13.8 Å². The van der Waals surface area contributed by atoms with Crippen LogP contribution in [-0.2, 0) is 18.1 Å². The number of amides is 2. The number of hydrogen-bond donors (Lipinski definition) is 1. The van der Waals surface area contributed by atoms with Crippen LogP contribution in [0.2, 0.25) is 0 Å². The third-order valence-electron chi connectivity index (χ3n) is 7.11. The number of likely N-dealkylation sites (tertiary alicyclic amines) is 1. The van der Waals surface area contributed by atoms with Gasteiger partial charge in [0, 0.05) is 36.8 Å². The van der Waals surface area contributed by atoms with Gasteiger partial charge in [0.25, 0.3) is 0 Å². The van der Waals surface area contributed by atoms with Crippen LogP contribution in [0.15, 0.2) is 41.2 Å². The Labute approximate surface area is 208 Å². The SMILES string of the molecule is CCc1nnc([C@@]23C[C@@H](C)C[C@@H](C2)N3C(=O)Nc2cc(-c3ncc4cccn4n3)c(C(F)(F)F)cn2)o1. The van der Waals surface area contributed by atoms with Crippen molar-refractivity contribution in [2.24, 2.45) is 5.92 Å². The predicted molar refractivity (Wildman–Crippen MR) is 124 cm³/mol. The van der Waals surface area contributed by atoms with E-state index in [1.165, 1.54) is 10.7 Å². The zero-order valence-corrected chi connectivity index (χ0v) is 20.0. The van der Waals surface area contributed by atoms with Gasteiger partial charge in [0.05, 0.1) is 17.3 Å². The molecule has 2 aliphatic rings. The van der Waals surface area contributed by atoms with Gasteiger partial charge in [0.1, 0.15) is 11.4 Å². The van der Waals surface area contributed by atoms with Crippen LogP contribution < -0.4 is 5.32 Å². The minimum Gasteiger partial charge on any atom is -0.423 e. The highest BCUT2D eigenvalue weighted by molar-refractivity contribution is 5.90. The predicted octanol–water partition coefficient (Wildman–Crippen LogP) is 4.69. The van der Waals surface area contributed by atoms with Crippen LogP contribution in [0.25, 0.3) is 16.9 Å². The van der Waals surface area contributed by atoms with Gasteiger partial charge in [0.2, 0.25) is 11.8 Å². The number of aromatic nitrogens is 6. The normalized spacial score (nSPS) is 23.2. The minimum absolute atomic E-state index is 0.0443. The van der Waals surface area contributed by atoms with E-state index >= 15 is 0 Å². The third kappa shape index (κ3) is 3.80. The van der Waals surface area contributed by atoms with E-state index in [9.17, 15) is 18.0 Å². The number of halogens is 3. The molecule has 1 saturated heterocycles. The zero-order valence-electron chi connectivity index (χ0n) is 20.0. The van der Waals surface area contributed by atoms with Crippen molar-refractivity contribution >= 4 is 17.4 Å². The van der Waals surface area contributed by atoms with E-state index in [0.717, 1.165) is 12.5 Å². The number of piperidine rings is 1. The number of pyridine rings is 1. The van der Waals surface area contributed by atoms with Gasteiger partial charge in [-0.3, -0.25) is 5.32 Å². The molecule has 1 saturated carbocycles. The molecule has 2 bridgehead atoms. The summed E-state index contributed by atoms with van der Waals surface area (Å²) in [6, 6.07) is 4.07. The maximum atomic E-state index is 13.8. The minimum atomic E-state index is -4.69. The molecule has 4 aromatic rings. The van der Waals surface area contributed by atoms with Crippen LogP contribution in [0.3, 0.4) is 0 Å². The lowest BCUT2D eigenvalue weighted by Crippen LogP contribution is -2.70. The molecule has 2 fully saturated rings. The van der Waals surface area contributed by atoms with Gasteiger partial charge in [-0.25, -0.2) is 19.3 Å². The van der Waals surface area contributed by atoms with Crippen molar-refractivity contribution in [3.63, 3.8) is 0 Å². The Morgan fingerprint density at radius 1 is 1.24 bits per heavy atom. The van der Waals surface area contributed by atoms with Gasteiger partial charge in [-0.15, -0.1) is 15.3 Å². The topological polar surface area (TPSA) is 114 Å². The average Bonchev–Trinajstić information content (AvgIpc) is 3.52. The summed E-state index contributed by atoms with van der Waals surface area (Å²) in [5.41, 5.74) is -1.40. The molecule has 37 heavy (non-hydrogen) atoms. The van der Waals surface area contributed by atoms with Crippen molar-refractivity contribution in [1.82, 2.24) is 34.7 Å². The monoisotopic (exact) mass is 512 g/mol. The molecular weight excluding hydrogens is 489 g/mol. The molecule has 192 valence electrons. The van der Waals surface area contributed by atoms with Gasteiger partial charge < -0.3 is 9.32 Å². The van der Waals surface area contributed by atoms with E-state index in [0.29, 0.717) is 48.7 Å². The number of anilines is 1. The van der Waals surface area contributed by atoms with E-state index < -0.39 is 23.3 Å². The number of carbonyl (C=O) groups excluding carboxylic acids is 1. The number of rotatable bonds is 4. The standard InChI is InChI=1S/C24H23F3N8O2/c1-3-19-31-32-21(37-19)23-9-13(2)7-15(10-23)35(23)22(36)30-18-8-16(17(12-28-18)24(25,26)27)20-29-11-14-5-4-6-34(14)33-20/h4-6,8,11-13,15H,3,7,9-10H2,1-2H3,(H,28,30,36)/t13-,15-,23+/m0/s1. The van der Waals surface area contributed by atoms with Gasteiger partial charge in [0.15, 0.2) is 5.82 Å². The molecule has 10 nitrogen and oxygen atoms in total. The smallest absolute Gasteiger partial charge is 0.418 e. The lowest BCUT2D eigenvalue weighted by molar-refractivity contribution is -0.137. The van der Waals surface area contributed by atoms with Gasteiger partial charge in [-0.05, 0) is 37.0 Å². The number of nitrogens with one attached hydrogen (secondary N) is 1. The fourth-order valence-corrected chi connectivity index (χ4v) is 5.60. The van der Waals surface area contributed by atoms with Crippen molar-refractivity contribution in [2.45, 2.75) is 57.3 Å². The molecule has 4 aromatic heterocycles. The zero-order chi connectivity index (χ0) is 25.9. The molecule has 5 heterocycles. The summed E-state index contributed by atoms with van der Waals surface area (Å²) in [7, 11) is 0. The average molecular weight is 512 g/mol. The van der Waals surface area contributed by atoms with Crippen LogP contribution in [0.1, 0.15) is 50.5 Å². The summed E-state index contributed by atoms with van der Waals surface area (Å²) < 4.78 is 48.7. The number of hydrogen-bond acceptors (Lipinski definition) is 7. The first-order valence-corrected chi connectivity index (χ1v) is 12.0. The first-order chi connectivity index (χ1) is 17.7. The fourth-order valence-electron chi connectivity index (χ4n) is 5.60. The highest BCUT2D eigenvalue weighted by Gasteiger charge is 2.62. The summed E-state index contributed by atoms with van der Waals surface area (Å²) in [6.07, 6.45) is 1.76. The fraction of sp³-hybridized carbons (Fsp3) is 0.417. The van der Waals surface area contributed by atoms with Crippen LogP contribution in [-0.4, -0.2) is 46.8 Å². The molecule has 1 N–H and O–H groups in total. The molecule has 0 aromatic carbocycles. The van der Waals surface area contributed by atoms with E-state index in [2.05, 4.69) is 37.5 Å². The molecule has 0 spiro atoms. The summed E-state index contributed by atoms with van der Waals surface area (Å²) in [6.45, 7) is 4.01. The lowest BCUT2D eigenvalue weighted by atomic mass is 9.64. The van der Waals surface area contributed by atoms with Crippen molar-refractivity contribution in [1.29, 1.82) is 0 Å². The molecule has 2 amide bonds. The van der Waals surface area contributed by atoms with Crippen LogP contribution >= 0.6 is 0 Å². The Hall–Kier alpha value is -4.03. The Balaban J connectivity index is 1.34. The first-order valence-electron chi connectivity index (χ1n) is 12.0. The van der Waals surface area contributed by atoms with Crippen LogP contribution in [0.5, 0.6) is 0 Å². The second-order valence-electron chi connectivity index (χ2n) is 9.66. The molecule has 3 atom stereocenters. The quantitative estimate of drug-likeness (QED) is 0.422. The van der Waals surface area contributed by atoms with Gasteiger partial charge in [-0.2, -0.15) is 13.2 Å². The van der Waals surface area contributed by atoms with E-state index in [1.807, 2.05) is 6.92 Å². The van der Waals surface area contributed by atoms with Crippen molar-refractivity contribution in [2.75, 3.05) is 5.32 Å². The molecular formula is C24H23F3N8O2. The molecule has 6 rings (SSSR count). The molecule has 0 unspecified atom stereocenters. The van der Waals surface area contributed by atoms with Crippen LogP contribution in [0, 0.1) is 5.92 Å². The van der Waals surface area contributed by atoms with Crippen molar-refractivity contribution < 1.29 is 22.4 Å². The largest absolute Gasteiger partial charge is 0.423 e.